The maximum atomic E-state index is 13.1. The molecule has 1 atom stereocenters. The second-order valence-corrected chi connectivity index (χ2v) is 8.09. The van der Waals surface area contributed by atoms with Crippen LogP contribution in [0.1, 0.15) is 16.7 Å². The third kappa shape index (κ3) is 3.50. The molecule has 1 radical (unpaired) electrons. The molecule has 8 heteroatoms. The Labute approximate surface area is 146 Å². The number of halogens is 4. The summed E-state index contributed by atoms with van der Waals surface area (Å²) in [6.07, 6.45) is -3.88. The lowest BCUT2D eigenvalue weighted by molar-refractivity contribution is -0.139. The van der Waals surface area contributed by atoms with Gasteiger partial charge in [-0.15, -0.1) is 0 Å². The first-order chi connectivity index (χ1) is 11.2. The Morgan fingerprint density at radius 3 is 2.54 bits per heavy atom. The molecule has 0 amide bonds. The highest BCUT2D eigenvalue weighted by Gasteiger charge is 2.37. The second-order valence-electron chi connectivity index (χ2n) is 5.55. The van der Waals surface area contributed by atoms with Gasteiger partial charge in [0, 0.05) is 10.5 Å². The smallest absolute Gasteiger partial charge is 0.207 e. The molecule has 24 heavy (non-hydrogen) atoms. The Morgan fingerprint density at radius 2 is 1.83 bits per heavy atom. The SMILES string of the molecule is O=S(=O)(NC1Cc2c[c]c(Br)cc2C1)c1ccccc1C(F)(F)F. The average Bonchev–Trinajstić information content (AvgIpc) is 2.87. The van der Waals surface area contributed by atoms with Crippen LogP contribution in [0.3, 0.4) is 0 Å². The first kappa shape index (κ1) is 17.4. The lowest BCUT2D eigenvalue weighted by Crippen LogP contribution is -2.36. The Kier molecular flexibility index (Phi) is 4.48. The lowest BCUT2D eigenvalue weighted by Gasteiger charge is -2.16. The van der Waals surface area contributed by atoms with Gasteiger partial charge >= 0.3 is 6.18 Å². The van der Waals surface area contributed by atoms with Crippen LogP contribution in [0, 0.1) is 6.07 Å². The summed E-state index contributed by atoms with van der Waals surface area (Å²) in [7, 11) is -4.28. The molecule has 2 aromatic rings. The minimum Gasteiger partial charge on any atom is -0.207 e. The molecule has 3 rings (SSSR count). The van der Waals surface area contributed by atoms with Crippen molar-refractivity contribution in [1.82, 2.24) is 4.72 Å². The highest BCUT2D eigenvalue weighted by Crippen LogP contribution is 2.34. The largest absolute Gasteiger partial charge is 0.417 e. The molecule has 0 aliphatic heterocycles. The van der Waals surface area contributed by atoms with Crippen LogP contribution < -0.4 is 4.72 Å². The summed E-state index contributed by atoms with van der Waals surface area (Å²) in [5, 5.41) is 0. The van der Waals surface area contributed by atoms with Gasteiger partial charge in [0.2, 0.25) is 10.0 Å². The zero-order valence-corrected chi connectivity index (χ0v) is 14.6. The maximum Gasteiger partial charge on any atom is 0.417 e. The first-order valence-corrected chi connectivity index (χ1v) is 9.32. The van der Waals surface area contributed by atoms with Crippen molar-refractivity contribution < 1.29 is 21.6 Å². The molecule has 1 aliphatic rings. The zero-order valence-electron chi connectivity index (χ0n) is 12.2. The molecule has 0 heterocycles. The molecule has 0 bridgehead atoms. The normalized spacial score (nSPS) is 17.8. The van der Waals surface area contributed by atoms with Crippen LogP contribution >= 0.6 is 15.9 Å². The van der Waals surface area contributed by atoms with Crippen molar-refractivity contribution in [2.45, 2.75) is 30.0 Å². The van der Waals surface area contributed by atoms with Gasteiger partial charge in [-0.1, -0.05) is 28.1 Å². The monoisotopic (exact) mass is 418 g/mol. The Hall–Kier alpha value is -1.38. The number of fused-ring (bicyclic) bond motifs is 1. The van der Waals surface area contributed by atoms with Gasteiger partial charge < -0.3 is 0 Å². The van der Waals surface area contributed by atoms with Gasteiger partial charge in [0.15, 0.2) is 0 Å². The van der Waals surface area contributed by atoms with Crippen molar-refractivity contribution in [3.05, 3.63) is 63.6 Å². The van der Waals surface area contributed by atoms with Crippen LogP contribution in [0.4, 0.5) is 13.2 Å². The maximum absolute atomic E-state index is 13.1. The van der Waals surface area contributed by atoms with Crippen molar-refractivity contribution in [2.24, 2.45) is 0 Å². The van der Waals surface area contributed by atoms with Crippen molar-refractivity contribution in [3.8, 4) is 0 Å². The fourth-order valence-corrected chi connectivity index (χ4v) is 4.67. The second kappa shape index (κ2) is 6.16. The molecule has 1 N–H and O–H groups in total. The van der Waals surface area contributed by atoms with Crippen LogP contribution in [0.5, 0.6) is 0 Å². The van der Waals surface area contributed by atoms with Crippen LogP contribution in [-0.4, -0.2) is 14.5 Å². The van der Waals surface area contributed by atoms with Gasteiger partial charge in [-0.3, -0.25) is 0 Å². The van der Waals surface area contributed by atoms with Gasteiger partial charge in [0.25, 0.3) is 0 Å². The van der Waals surface area contributed by atoms with Gasteiger partial charge in [0.05, 0.1) is 10.5 Å². The summed E-state index contributed by atoms with van der Waals surface area (Å²) in [6.45, 7) is 0. The highest BCUT2D eigenvalue weighted by atomic mass is 79.9. The molecule has 1 unspecified atom stereocenters. The topological polar surface area (TPSA) is 46.2 Å². The van der Waals surface area contributed by atoms with Crippen molar-refractivity contribution in [1.29, 1.82) is 0 Å². The zero-order chi connectivity index (χ0) is 17.5. The molecular formula is C16H12BrF3NO2S. The minimum atomic E-state index is -4.73. The number of rotatable bonds is 3. The van der Waals surface area contributed by atoms with E-state index < -0.39 is 32.7 Å². The van der Waals surface area contributed by atoms with Crippen LogP contribution in [0.25, 0.3) is 0 Å². The molecule has 127 valence electrons. The third-order valence-electron chi connectivity index (χ3n) is 3.83. The van der Waals surface area contributed by atoms with E-state index in [-0.39, 0.29) is 0 Å². The average molecular weight is 419 g/mol. The fraction of sp³-hybridized carbons (Fsp3) is 0.250. The third-order valence-corrected chi connectivity index (χ3v) is 5.87. The molecule has 0 aromatic heterocycles. The molecule has 1 aliphatic carbocycles. The Bertz CT molecular complexity index is 881. The number of benzene rings is 2. The summed E-state index contributed by atoms with van der Waals surface area (Å²) in [4.78, 5) is -0.749. The van der Waals surface area contributed by atoms with E-state index in [1.807, 2.05) is 6.07 Å². The number of nitrogens with one attached hydrogen (secondary N) is 1. The summed E-state index contributed by atoms with van der Waals surface area (Å²) >= 11 is 3.30. The molecular weight excluding hydrogens is 407 g/mol. The first-order valence-electron chi connectivity index (χ1n) is 7.04. The van der Waals surface area contributed by atoms with Crippen molar-refractivity contribution >= 4 is 26.0 Å². The van der Waals surface area contributed by atoms with Crippen molar-refractivity contribution in [2.75, 3.05) is 0 Å². The Balaban J connectivity index is 1.87. The van der Waals surface area contributed by atoms with E-state index in [2.05, 4.69) is 26.7 Å². The predicted octanol–water partition coefficient (Wildman–Crippen LogP) is 3.71. The molecule has 0 spiro atoms. The predicted molar refractivity (Wildman–Crippen MR) is 85.9 cm³/mol. The van der Waals surface area contributed by atoms with E-state index in [0.29, 0.717) is 12.8 Å². The lowest BCUT2D eigenvalue weighted by atomic mass is 10.1. The van der Waals surface area contributed by atoms with Gasteiger partial charge in [0.1, 0.15) is 0 Å². The fourth-order valence-electron chi connectivity index (χ4n) is 2.82. The summed E-state index contributed by atoms with van der Waals surface area (Å²) < 4.78 is 67.2. The minimum absolute atomic E-state index is 0.423. The summed E-state index contributed by atoms with van der Waals surface area (Å²) in [5.74, 6) is 0. The van der Waals surface area contributed by atoms with Crippen LogP contribution in [-0.2, 0) is 29.0 Å². The van der Waals surface area contributed by atoms with Crippen LogP contribution in [0.15, 0.2) is 45.8 Å². The number of alkyl halides is 3. The van der Waals surface area contributed by atoms with E-state index in [1.165, 1.54) is 12.1 Å². The standard InChI is InChI=1S/C16H12BrF3NO2S/c17-12-6-5-10-8-13(9-11(10)7-12)21-24(22,23)15-4-2-1-3-14(15)16(18,19)20/h1-5,7,13,21H,8-9H2. The molecule has 0 saturated carbocycles. The molecule has 0 fully saturated rings. The van der Waals surface area contributed by atoms with Gasteiger partial charge in [-0.25, -0.2) is 13.1 Å². The van der Waals surface area contributed by atoms with Crippen molar-refractivity contribution in [3.63, 3.8) is 0 Å². The summed E-state index contributed by atoms with van der Waals surface area (Å²) in [6, 6.07) is 10.3. The van der Waals surface area contributed by atoms with E-state index >= 15 is 0 Å². The van der Waals surface area contributed by atoms with E-state index in [1.54, 1.807) is 6.07 Å². The van der Waals surface area contributed by atoms with E-state index in [4.69, 9.17) is 0 Å². The van der Waals surface area contributed by atoms with E-state index in [0.717, 1.165) is 27.7 Å². The molecule has 2 aromatic carbocycles. The van der Waals surface area contributed by atoms with Crippen LogP contribution in [0.2, 0.25) is 0 Å². The summed E-state index contributed by atoms with van der Waals surface area (Å²) in [5.41, 5.74) is 0.733. The quantitative estimate of drug-likeness (QED) is 0.825. The number of sulfonamides is 1. The molecule has 3 nitrogen and oxygen atoms in total. The van der Waals surface area contributed by atoms with Gasteiger partial charge in [-0.05, 0) is 54.3 Å². The van der Waals surface area contributed by atoms with Gasteiger partial charge in [-0.2, -0.15) is 13.2 Å². The Morgan fingerprint density at radius 1 is 1.17 bits per heavy atom. The molecule has 0 saturated heterocycles. The number of hydrogen-bond acceptors (Lipinski definition) is 2. The number of hydrogen-bond donors (Lipinski definition) is 1. The van der Waals surface area contributed by atoms with E-state index in [9.17, 15) is 21.6 Å². The highest BCUT2D eigenvalue weighted by molar-refractivity contribution is 9.10.